The summed E-state index contributed by atoms with van der Waals surface area (Å²) in [4.78, 5) is 30.4. The topological polar surface area (TPSA) is 64.7 Å². The molecule has 0 aliphatic rings. The Hall–Kier alpha value is -3.80. The van der Waals surface area contributed by atoms with Gasteiger partial charge in [0.25, 0.3) is 11.8 Å². The van der Waals surface area contributed by atoms with Gasteiger partial charge in [0.1, 0.15) is 0 Å². The lowest BCUT2D eigenvalue weighted by atomic mass is 9.85. The van der Waals surface area contributed by atoms with Crippen molar-refractivity contribution in [1.29, 1.82) is 0 Å². The van der Waals surface area contributed by atoms with Crippen LogP contribution in [0.2, 0.25) is 0 Å². The molecule has 2 N–H and O–H groups in total. The predicted molar refractivity (Wildman–Crippen MR) is 158 cm³/mol. The highest BCUT2D eigenvalue weighted by molar-refractivity contribution is 6.00. The molecule has 0 saturated carbocycles. The molecule has 0 fully saturated rings. The summed E-state index contributed by atoms with van der Waals surface area (Å²) in [7, 11) is 4.10. The average Bonchev–Trinajstić information content (AvgIpc) is 2.93. The SMILES string of the molecule is CN(CCCNC(=O)c1cc(C(=O)NCCCN(C)c2ccccc2)cc(C(C)(C)C)c1)c1ccccc1. The van der Waals surface area contributed by atoms with Gasteiger partial charge in [-0.2, -0.15) is 0 Å². The van der Waals surface area contributed by atoms with Gasteiger partial charge in [-0.15, -0.1) is 0 Å². The molecule has 0 aliphatic heterocycles. The van der Waals surface area contributed by atoms with Crippen molar-refractivity contribution in [3.05, 3.63) is 95.6 Å². The zero-order valence-electron chi connectivity index (χ0n) is 23.5. The van der Waals surface area contributed by atoms with Crippen molar-refractivity contribution in [2.75, 3.05) is 50.1 Å². The van der Waals surface area contributed by atoms with E-state index in [0.717, 1.165) is 42.9 Å². The highest BCUT2D eigenvalue weighted by Crippen LogP contribution is 2.25. The summed E-state index contributed by atoms with van der Waals surface area (Å²) >= 11 is 0. The van der Waals surface area contributed by atoms with Crippen molar-refractivity contribution in [2.24, 2.45) is 0 Å². The van der Waals surface area contributed by atoms with Crippen LogP contribution in [0.3, 0.4) is 0 Å². The summed E-state index contributed by atoms with van der Waals surface area (Å²) in [5.74, 6) is -0.311. The Morgan fingerprint density at radius 2 is 1.05 bits per heavy atom. The first-order valence-electron chi connectivity index (χ1n) is 13.4. The Morgan fingerprint density at radius 3 is 1.42 bits per heavy atom. The maximum atomic E-state index is 13.0. The third kappa shape index (κ3) is 8.65. The van der Waals surface area contributed by atoms with E-state index in [2.05, 4.69) is 79.6 Å². The molecule has 0 heterocycles. The van der Waals surface area contributed by atoms with E-state index in [1.165, 1.54) is 0 Å². The van der Waals surface area contributed by atoms with Gasteiger partial charge in [-0.05, 0) is 66.3 Å². The Labute approximate surface area is 228 Å². The number of rotatable bonds is 12. The van der Waals surface area contributed by atoms with Gasteiger partial charge in [0.05, 0.1) is 0 Å². The average molecular weight is 515 g/mol. The molecule has 3 aromatic carbocycles. The third-order valence-electron chi connectivity index (χ3n) is 6.63. The van der Waals surface area contributed by atoms with Crippen LogP contribution >= 0.6 is 0 Å². The zero-order valence-corrected chi connectivity index (χ0v) is 23.5. The number of nitrogens with one attached hydrogen (secondary N) is 2. The summed E-state index contributed by atoms with van der Waals surface area (Å²) in [6.45, 7) is 9.05. The van der Waals surface area contributed by atoms with E-state index in [9.17, 15) is 9.59 Å². The molecule has 6 heteroatoms. The molecule has 6 nitrogen and oxygen atoms in total. The number of nitrogens with zero attached hydrogens (tertiary/aromatic N) is 2. The van der Waals surface area contributed by atoms with Crippen LogP contribution < -0.4 is 20.4 Å². The van der Waals surface area contributed by atoms with Crippen LogP contribution in [0.4, 0.5) is 11.4 Å². The van der Waals surface area contributed by atoms with Gasteiger partial charge in [-0.1, -0.05) is 57.2 Å². The molecular weight excluding hydrogens is 472 g/mol. The van der Waals surface area contributed by atoms with Gasteiger partial charge >= 0.3 is 0 Å². The van der Waals surface area contributed by atoms with E-state index in [1.807, 2.05) is 48.5 Å². The molecule has 0 unspecified atom stereocenters. The van der Waals surface area contributed by atoms with Crippen molar-refractivity contribution in [2.45, 2.75) is 39.0 Å². The van der Waals surface area contributed by atoms with Crippen LogP contribution in [0.25, 0.3) is 0 Å². The third-order valence-corrected chi connectivity index (χ3v) is 6.63. The minimum atomic E-state index is -0.192. The molecule has 0 bridgehead atoms. The molecule has 202 valence electrons. The van der Waals surface area contributed by atoms with Crippen molar-refractivity contribution in [3.63, 3.8) is 0 Å². The largest absolute Gasteiger partial charge is 0.375 e. The van der Waals surface area contributed by atoms with E-state index in [4.69, 9.17) is 0 Å². The summed E-state index contributed by atoms with van der Waals surface area (Å²) in [5, 5.41) is 6.06. The molecule has 0 aromatic heterocycles. The molecule has 3 rings (SSSR count). The van der Waals surface area contributed by atoms with Gasteiger partial charge in [-0.25, -0.2) is 0 Å². The second kappa shape index (κ2) is 13.7. The number of amides is 2. The van der Waals surface area contributed by atoms with E-state index in [-0.39, 0.29) is 17.2 Å². The Morgan fingerprint density at radius 1 is 0.658 bits per heavy atom. The van der Waals surface area contributed by atoms with Crippen LogP contribution in [0, 0.1) is 0 Å². The van der Waals surface area contributed by atoms with Gasteiger partial charge in [0.15, 0.2) is 0 Å². The smallest absolute Gasteiger partial charge is 0.251 e. The number of para-hydroxylation sites is 2. The second-order valence-corrected chi connectivity index (χ2v) is 10.8. The van der Waals surface area contributed by atoms with Crippen molar-refractivity contribution in [3.8, 4) is 0 Å². The van der Waals surface area contributed by atoms with E-state index >= 15 is 0 Å². The fourth-order valence-corrected chi connectivity index (χ4v) is 4.19. The Kier molecular flexibility index (Phi) is 10.3. The molecule has 38 heavy (non-hydrogen) atoms. The van der Waals surface area contributed by atoms with Gasteiger partial charge < -0.3 is 20.4 Å². The van der Waals surface area contributed by atoms with E-state index in [1.54, 1.807) is 6.07 Å². The molecule has 3 aromatic rings. The lowest BCUT2D eigenvalue weighted by Gasteiger charge is -2.22. The second-order valence-electron chi connectivity index (χ2n) is 10.8. The summed E-state index contributed by atoms with van der Waals surface area (Å²) < 4.78 is 0. The number of anilines is 2. The highest BCUT2D eigenvalue weighted by Gasteiger charge is 2.20. The van der Waals surface area contributed by atoms with E-state index in [0.29, 0.717) is 24.2 Å². The molecular formula is C32H42N4O2. The molecule has 0 aliphatic carbocycles. The number of hydrogen-bond acceptors (Lipinski definition) is 4. The summed E-state index contributed by atoms with van der Waals surface area (Å²) in [5.41, 5.74) is 4.11. The number of carbonyl (C=O) groups is 2. The van der Waals surface area contributed by atoms with Crippen LogP contribution in [-0.4, -0.2) is 52.1 Å². The quantitative estimate of drug-likeness (QED) is 0.314. The zero-order chi connectivity index (χ0) is 27.5. The Balaban J connectivity index is 1.55. The number of carbonyl (C=O) groups excluding carboxylic acids is 2. The molecule has 2 amide bonds. The molecule has 0 saturated heterocycles. The van der Waals surface area contributed by atoms with Crippen LogP contribution in [0.15, 0.2) is 78.9 Å². The van der Waals surface area contributed by atoms with Gasteiger partial charge in [0.2, 0.25) is 0 Å². The summed E-state index contributed by atoms with van der Waals surface area (Å²) in [6.07, 6.45) is 1.64. The normalized spacial score (nSPS) is 11.1. The standard InChI is InChI=1S/C32H42N4O2/c1-32(2,3)27-23-25(30(37)33-18-12-20-35(4)28-14-8-6-9-15-28)22-26(24-27)31(38)34-19-13-21-36(5)29-16-10-7-11-17-29/h6-11,14-17,22-24H,12-13,18-21H2,1-5H3,(H,33,37)(H,34,38). The first kappa shape index (κ1) is 28.8. The van der Waals surface area contributed by atoms with Crippen LogP contribution in [0.1, 0.15) is 59.9 Å². The number of hydrogen-bond donors (Lipinski definition) is 2. The maximum absolute atomic E-state index is 13.0. The minimum Gasteiger partial charge on any atom is -0.375 e. The van der Waals surface area contributed by atoms with Crippen LogP contribution in [-0.2, 0) is 5.41 Å². The molecule has 0 spiro atoms. The maximum Gasteiger partial charge on any atom is 0.251 e. The van der Waals surface area contributed by atoms with Gasteiger partial charge in [-0.3, -0.25) is 9.59 Å². The predicted octanol–water partition coefficient (Wildman–Crippen LogP) is 5.50. The first-order chi connectivity index (χ1) is 18.1. The first-order valence-corrected chi connectivity index (χ1v) is 13.4. The Bertz CT molecular complexity index is 1090. The van der Waals surface area contributed by atoms with Gasteiger partial charge in [0, 0.05) is 62.8 Å². The summed E-state index contributed by atoms with van der Waals surface area (Å²) in [6, 6.07) is 25.9. The van der Waals surface area contributed by atoms with Crippen molar-refractivity contribution < 1.29 is 9.59 Å². The lowest BCUT2D eigenvalue weighted by molar-refractivity contribution is 0.0952. The fourth-order valence-electron chi connectivity index (χ4n) is 4.19. The molecule has 0 radical (unpaired) electrons. The highest BCUT2D eigenvalue weighted by atomic mass is 16.2. The van der Waals surface area contributed by atoms with E-state index < -0.39 is 0 Å². The lowest BCUT2D eigenvalue weighted by Crippen LogP contribution is -2.30. The molecule has 0 atom stereocenters. The minimum absolute atomic E-state index is 0.156. The fraction of sp³-hybridized carbons (Fsp3) is 0.375. The van der Waals surface area contributed by atoms with Crippen molar-refractivity contribution in [1.82, 2.24) is 10.6 Å². The van der Waals surface area contributed by atoms with Crippen molar-refractivity contribution >= 4 is 23.2 Å². The number of benzene rings is 3. The van der Waals surface area contributed by atoms with Crippen LogP contribution in [0.5, 0.6) is 0 Å². The monoisotopic (exact) mass is 514 g/mol.